The van der Waals surface area contributed by atoms with Gasteiger partial charge in [-0.3, -0.25) is 0 Å². The molecule has 0 N–H and O–H groups in total. The molecule has 2 aliphatic rings. The van der Waals surface area contributed by atoms with Crippen molar-refractivity contribution in [2.75, 3.05) is 19.8 Å². The van der Waals surface area contributed by atoms with Crippen molar-refractivity contribution in [2.45, 2.75) is 38.0 Å². The van der Waals surface area contributed by atoms with Crippen molar-refractivity contribution in [3.05, 3.63) is 35.7 Å². The van der Waals surface area contributed by atoms with Crippen LogP contribution in [0.3, 0.4) is 0 Å². The van der Waals surface area contributed by atoms with E-state index in [0.29, 0.717) is 0 Å². The fourth-order valence-corrected chi connectivity index (χ4v) is 6.22. The average molecular weight is 345 g/mol. The first-order valence-electron chi connectivity index (χ1n) is 8.36. The van der Waals surface area contributed by atoms with E-state index >= 15 is 0 Å². The van der Waals surface area contributed by atoms with Gasteiger partial charge in [0.1, 0.15) is 0 Å². The van der Waals surface area contributed by atoms with Gasteiger partial charge in [-0.1, -0.05) is 26.0 Å². The molecule has 5 nitrogen and oxygen atoms in total. The molecule has 128 valence electrons. The van der Waals surface area contributed by atoms with Gasteiger partial charge in [-0.05, 0) is 30.4 Å². The van der Waals surface area contributed by atoms with Crippen LogP contribution in [-0.4, -0.2) is 42.5 Å². The van der Waals surface area contributed by atoms with Gasteiger partial charge in [0.2, 0.25) is 10.0 Å². The molecular weight excluding hydrogens is 322 g/mol. The van der Waals surface area contributed by atoms with Gasteiger partial charge in [0.05, 0.1) is 28.2 Å². The monoisotopic (exact) mass is 345 g/mol. The predicted molar refractivity (Wildman–Crippen MR) is 94.4 cm³/mol. The summed E-state index contributed by atoms with van der Waals surface area (Å²) in [4.78, 5) is 9.79. The van der Waals surface area contributed by atoms with Gasteiger partial charge in [-0.25, -0.2) is 22.7 Å². The van der Waals surface area contributed by atoms with E-state index in [9.17, 15) is 8.42 Å². The number of aromatic nitrogens is 2. The molecule has 0 spiro atoms. The number of benzene rings is 1. The molecule has 2 bridgehead atoms. The second-order valence-electron chi connectivity index (χ2n) is 7.88. The molecule has 1 aromatic carbocycles. The molecule has 0 unspecified atom stereocenters. The first-order chi connectivity index (χ1) is 11.2. The van der Waals surface area contributed by atoms with Crippen molar-refractivity contribution in [3.8, 4) is 0 Å². The molecule has 1 fully saturated rings. The summed E-state index contributed by atoms with van der Waals surface area (Å²) in [6.45, 7) is 4.37. The Hall–Kier alpha value is -1.53. The number of nitrogens with zero attached hydrogens (tertiary/aromatic N) is 3. The summed E-state index contributed by atoms with van der Waals surface area (Å²) in [7, 11) is -0.118. The quantitative estimate of drug-likeness (QED) is 0.858. The van der Waals surface area contributed by atoms with Gasteiger partial charge in [-0.15, -0.1) is 0 Å². The highest BCUT2D eigenvalue weighted by Crippen LogP contribution is 2.67. The molecule has 2 aromatic rings. The third-order valence-electron chi connectivity index (χ3n) is 6.33. The summed E-state index contributed by atoms with van der Waals surface area (Å²) < 4.78 is 26.7. The number of fused-ring (bicyclic) bond motifs is 6. The number of hydrogen-bond acceptors (Lipinski definition) is 4. The van der Waals surface area contributed by atoms with Crippen LogP contribution in [0.5, 0.6) is 0 Å². The normalized spacial score (nSPS) is 27.8. The Morgan fingerprint density at radius 3 is 2.42 bits per heavy atom. The van der Waals surface area contributed by atoms with Crippen LogP contribution in [0.1, 0.15) is 44.0 Å². The summed E-state index contributed by atoms with van der Waals surface area (Å²) in [5.74, 6) is 0.387. The fourth-order valence-electron chi connectivity index (χ4n) is 4.69. The number of hydrogen-bond donors (Lipinski definition) is 0. The molecule has 1 aromatic heterocycles. The summed E-state index contributed by atoms with van der Waals surface area (Å²) in [6, 6.07) is 7.85. The Bertz CT molecular complexity index is 936. The fraction of sp³-hybridized carbons (Fsp3) is 0.556. The maximum absolute atomic E-state index is 12.7. The molecule has 2 aliphatic carbocycles. The Morgan fingerprint density at radius 1 is 1.17 bits per heavy atom. The zero-order chi connectivity index (χ0) is 17.3. The predicted octanol–water partition coefficient (Wildman–Crippen LogP) is 2.68. The van der Waals surface area contributed by atoms with Crippen molar-refractivity contribution >= 4 is 21.1 Å². The SMILES string of the molecule is CN(C)S(=O)(=O)C[C@]12CC[C@@H](c3nc4ccccc4nc31)C2(C)C. The molecule has 4 rings (SSSR count). The lowest BCUT2D eigenvalue weighted by molar-refractivity contribution is 0.227. The maximum atomic E-state index is 12.7. The number of rotatable bonds is 3. The molecule has 24 heavy (non-hydrogen) atoms. The Labute approximate surface area is 143 Å². The lowest BCUT2D eigenvalue weighted by atomic mass is 9.70. The van der Waals surface area contributed by atoms with Crippen molar-refractivity contribution in [1.29, 1.82) is 0 Å². The van der Waals surface area contributed by atoms with E-state index in [1.807, 2.05) is 24.3 Å². The molecule has 0 radical (unpaired) electrons. The average Bonchev–Trinajstić information content (AvgIpc) is 2.85. The van der Waals surface area contributed by atoms with Crippen LogP contribution in [0.15, 0.2) is 24.3 Å². The second kappa shape index (κ2) is 4.76. The molecule has 1 saturated carbocycles. The van der Waals surface area contributed by atoms with Crippen LogP contribution in [0.2, 0.25) is 0 Å². The van der Waals surface area contributed by atoms with E-state index < -0.39 is 15.4 Å². The van der Waals surface area contributed by atoms with Gasteiger partial charge in [0.25, 0.3) is 0 Å². The summed E-state index contributed by atoms with van der Waals surface area (Å²) in [6.07, 6.45) is 1.84. The summed E-state index contributed by atoms with van der Waals surface area (Å²) >= 11 is 0. The highest BCUT2D eigenvalue weighted by atomic mass is 32.2. The van der Waals surface area contributed by atoms with Crippen LogP contribution in [0.4, 0.5) is 0 Å². The van der Waals surface area contributed by atoms with Crippen LogP contribution < -0.4 is 0 Å². The minimum atomic E-state index is -3.33. The van der Waals surface area contributed by atoms with E-state index in [1.54, 1.807) is 14.1 Å². The molecular formula is C18H23N3O2S. The highest BCUT2D eigenvalue weighted by Gasteiger charge is 2.65. The Balaban J connectivity index is 1.96. The molecule has 0 aliphatic heterocycles. The molecule has 1 heterocycles. The summed E-state index contributed by atoms with van der Waals surface area (Å²) in [5, 5.41) is 0. The van der Waals surface area contributed by atoms with Gasteiger partial charge < -0.3 is 0 Å². The Kier molecular flexibility index (Phi) is 3.17. The largest absolute Gasteiger partial charge is 0.249 e. The van der Waals surface area contributed by atoms with Crippen LogP contribution in [-0.2, 0) is 15.4 Å². The van der Waals surface area contributed by atoms with Crippen molar-refractivity contribution in [2.24, 2.45) is 5.41 Å². The van der Waals surface area contributed by atoms with Gasteiger partial charge in [0, 0.05) is 25.4 Å². The van der Waals surface area contributed by atoms with Crippen molar-refractivity contribution in [3.63, 3.8) is 0 Å². The third-order valence-corrected chi connectivity index (χ3v) is 8.30. The van der Waals surface area contributed by atoms with Gasteiger partial charge in [-0.2, -0.15) is 0 Å². The van der Waals surface area contributed by atoms with Gasteiger partial charge >= 0.3 is 0 Å². The zero-order valence-electron chi connectivity index (χ0n) is 14.6. The van der Waals surface area contributed by atoms with Crippen LogP contribution in [0, 0.1) is 5.41 Å². The van der Waals surface area contributed by atoms with E-state index in [-0.39, 0.29) is 17.1 Å². The number of sulfonamides is 1. The number of para-hydroxylation sites is 2. The third kappa shape index (κ3) is 1.87. The lowest BCUT2D eigenvalue weighted by Crippen LogP contribution is -2.45. The highest BCUT2D eigenvalue weighted by molar-refractivity contribution is 7.89. The lowest BCUT2D eigenvalue weighted by Gasteiger charge is -2.38. The molecule has 0 amide bonds. The maximum Gasteiger partial charge on any atom is 0.214 e. The van der Waals surface area contributed by atoms with Crippen LogP contribution >= 0.6 is 0 Å². The minimum absolute atomic E-state index is 0.108. The van der Waals surface area contributed by atoms with E-state index in [0.717, 1.165) is 35.3 Å². The van der Waals surface area contributed by atoms with Crippen molar-refractivity contribution < 1.29 is 8.42 Å². The standard InChI is InChI=1S/C18H23N3O2S/c1-17(2)12-9-10-18(17,11-24(22,23)21(3)4)16-15(12)19-13-7-5-6-8-14(13)20-16/h5-8,12H,9-11H2,1-4H3/t12-,18+/m0/s1. The Morgan fingerprint density at radius 2 is 1.79 bits per heavy atom. The first kappa shape index (κ1) is 16.0. The molecule has 2 atom stereocenters. The second-order valence-corrected chi connectivity index (χ2v) is 10.1. The summed E-state index contributed by atoms with van der Waals surface area (Å²) in [5.41, 5.74) is 3.06. The van der Waals surface area contributed by atoms with Crippen molar-refractivity contribution in [1.82, 2.24) is 14.3 Å². The molecule has 6 heteroatoms. The topological polar surface area (TPSA) is 63.2 Å². The minimum Gasteiger partial charge on any atom is -0.249 e. The first-order valence-corrected chi connectivity index (χ1v) is 9.97. The van der Waals surface area contributed by atoms with E-state index in [2.05, 4.69) is 13.8 Å². The van der Waals surface area contributed by atoms with E-state index in [4.69, 9.17) is 9.97 Å². The van der Waals surface area contributed by atoms with Gasteiger partial charge in [0.15, 0.2) is 0 Å². The van der Waals surface area contributed by atoms with E-state index in [1.165, 1.54) is 4.31 Å². The smallest absolute Gasteiger partial charge is 0.214 e. The molecule has 0 saturated heterocycles. The van der Waals surface area contributed by atoms with Crippen LogP contribution in [0.25, 0.3) is 11.0 Å². The zero-order valence-corrected chi connectivity index (χ0v) is 15.4.